The van der Waals surface area contributed by atoms with Gasteiger partial charge in [0, 0.05) is 36.9 Å². The van der Waals surface area contributed by atoms with E-state index in [1.165, 1.54) is 5.56 Å². The molecule has 0 N–H and O–H groups in total. The lowest BCUT2D eigenvalue weighted by Crippen LogP contribution is -2.49. The Morgan fingerprint density at radius 2 is 1.77 bits per heavy atom. The van der Waals surface area contributed by atoms with E-state index in [9.17, 15) is 0 Å². The summed E-state index contributed by atoms with van der Waals surface area (Å²) in [5.41, 5.74) is 3.44. The largest absolute Gasteiger partial charge is 0.263 e. The number of rotatable bonds is 2. The van der Waals surface area contributed by atoms with E-state index in [0.29, 0.717) is 0 Å². The lowest BCUT2D eigenvalue weighted by molar-refractivity contribution is -0.886. The van der Waals surface area contributed by atoms with Gasteiger partial charge in [0.15, 0.2) is 0 Å². The molecule has 0 aliphatic rings. The van der Waals surface area contributed by atoms with Gasteiger partial charge < -0.3 is 0 Å². The number of nitrogens with zero attached hydrogens (tertiary/aromatic N) is 1. The van der Waals surface area contributed by atoms with Gasteiger partial charge in [-0.15, -0.1) is 0 Å². The van der Waals surface area contributed by atoms with Crippen molar-refractivity contribution in [1.29, 1.82) is 0 Å². The maximum atomic E-state index is 6.27. The Hall–Kier alpha value is -1.61. The van der Waals surface area contributed by atoms with Crippen molar-refractivity contribution in [2.75, 3.05) is 0 Å². The van der Waals surface area contributed by atoms with Crippen LogP contribution in [0, 0.1) is 0 Å². The zero-order valence-electron chi connectivity index (χ0n) is 13.5. The van der Waals surface area contributed by atoms with Crippen LogP contribution in [-0.4, -0.2) is 0 Å². The Morgan fingerprint density at radius 1 is 1.09 bits per heavy atom. The van der Waals surface area contributed by atoms with Crippen molar-refractivity contribution in [1.82, 2.24) is 0 Å². The molecule has 0 aliphatic carbocycles. The molecule has 0 amide bonds. The summed E-state index contributed by atoms with van der Waals surface area (Å²) in [4.78, 5) is 0. The number of aryl methyl sites for hydroxylation is 1. The molecule has 3 aromatic rings. The Labute approximate surface area is 139 Å². The van der Waals surface area contributed by atoms with Crippen LogP contribution >= 0.6 is 15.9 Å². The van der Waals surface area contributed by atoms with E-state index in [2.05, 4.69) is 67.9 Å². The average molecular weight is 359 g/mol. The average Bonchev–Trinajstić information content (AvgIpc) is 2.85. The molecule has 114 valence electrons. The summed E-state index contributed by atoms with van der Waals surface area (Å²) in [7, 11) is 0. The minimum absolute atomic E-state index is 0.107. The number of benzene rings is 2. The third-order valence-corrected chi connectivity index (χ3v) is 4.58. The van der Waals surface area contributed by atoms with Crippen LogP contribution < -0.4 is 4.74 Å². The van der Waals surface area contributed by atoms with Crippen LogP contribution in [-0.2, 0) is 12.0 Å². The van der Waals surface area contributed by atoms with Gasteiger partial charge in [-0.3, -0.25) is 0 Å². The topological polar surface area (TPSA) is 17.0 Å². The Balaban J connectivity index is 2.37. The summed E-state index contributed by atoms with van der Waals surface area (Å²) in [5.74, 6) is 0.925. The Bertz CT molecular complexity index is 813. The molecule has 22 heavy (non-hydrogen) atoms. The smallest absolute Gasteiger partial charge is 0.234 e. The van der Waals surface area contributed by atoms with Gasteiger partial charge in [-0.05, 0) is 22.8 Å². The normalized spacial score (nSPS) is 12.0. The van der Waals surface area contributed by atoms with Crippen molar-refractivity contribution in [3.05, 3.63) is 52.5 Å². The standard InChI is InChI=1S/C19H21BrNO/c1-5-13-11-17-15(12-16(13)20)18(14-9-7-6-8-10-14)22-21(17)19(2,3)4/h6-12H,5H2,1-4H3/q+1. The molecule has 1 heterocycles. The van der Waals surface area contributed by atoms with Gasteiger partial charge in [-0.1, -0.05) is 53.2 Å². The minimum Gasteiger partial charge on any atom is -0.234 e. The van der Waals surface area contributed by atoms with Crippen molar-refractivity contribution < 1.29 is 9.26 Å². The van der Waals surface area contributed by atoms with Crippen LogP contribution in [0.25, 0.3) is 22.2 Å². The van der Waals surface area contributed by atoms with Gasteiger partial charge >= 0.3 is 0 Å². The molecule has 3 rings (SSSR count). The first kappa shape index (κ1) is 15.3. The molecular weight excluding hydrogens is 338 g/mol. The lowest BCUT2D eigenvalue weighted by atomic mass is 10.0. The molecule has 0 fully saturated rings. The molecule has 0 unspecified atom stereocenters. The number of hydrogen-bond donors (Lipinski definition) is 0. The molecule has 2 nitrogen and oxygen atoms in total. The van der Waals surface area contributed by atoms with Gasteiger partial charge in [-0.25, -0.2) is 4.52 Å². The molecule has 2 aromatic carbocycles. The molecule has 0 aliphatic heterocycles. The molecule has 0 spiro atoms. The van der Waals surface area contributed by atoms with Crippen LogP contribution in [0.1, 0.15) is 33.3 Å². The molecule has 0 saturated carbocycles. The van der Waals surface area contributed by atoms with E-state index in [-0.39, 0.29) is 5.54 Å². The highest BCUT2D eigenvalue weighted by molar-refractivity contribution is 9.10. The first-order chi connectivity index (χ1) is 10.4. The molecular formula is C19H21BrNO+. The van der Waals surface area contributed by atoms with Crippen molar-refractivity contribution >= 4 is 26.8 Å². The molecule has 0 bridgehead atoms. The second-order valence-electron chi connectivity index (χ2n) is 6.57. The predicted octanol–water partition coefficient (Wildman–Crippen LogP) is 5.47. The van der Waals surface area contributed by atoms with Crippen LogP contribution in [0.5, 0.6) is 0 Å². The van der Waals surface area contributed by atoms with Gasteiger partial charge in [0.2, 0.25) is 11.3 Å². The molecule has 3 heteroatoms. The van der Waals surface area contributed by atoms with E-state index >= 15 is 0 Å². The molecule has 0 saturated heterocycles. The van der Waals surface area contributed by atoms with E-state index < -0.39 is 0 Å². The third-order valence-electron chi connectivity index (χ3n) is 3.84. The van der Waals surface area contributed by atoms with Crippen molar-refractivity contribution in [2.24, 2.45) is 0 Å². The van der Waals surface area contributed by atoms with Gasteiger partial charge in [0.05, 0.1) is 0 Å². The van der Waals surface area contributed by atoms with E-state index in [1.54, 1.807) is 0 Å². The highest BCUT2D eigenvalue weighted by Crippen LogP contribution is 2.33. The first-order valence-corrected chi connectivity index (χ1v) is 8.44. The highest BCUT2D eigenvalue weighted by Gasteiger charge is 2.33. The van der Waals surface area contributed by atoms with E-state index in [4.69, 9.17) is 4.52 Å². The van der Waals surface area contributed by atoms with Crippen LogP contribution in [0.2, 0.25) is 0 Å². The van der Waals surface area contributed by atoms with E-state index in [0.717, 1.165) is 33.1 Å². The van der Waals surface area contributed by atoms with Crippen LogP contribution in [0.3, 0.4) is 0 Å². The maximum Gasteiger partial charge on any atom is 0.263 e. The summed E-state index contributed by atoms with van der Waals surface area (Å²) >= 11 is 3.69. The summed E-state index contributed by atoms with van der Waals surface area (Å²) in [6.45, 7) is 8.67. The van der Waals surface area contributed by atoms with Crippen LogP contribution in [0.4, 0.5) is 0 Å². The third kappa shape index (κ3) is 2.58. The van der Waals surface area contributed by atoms with Gasteiger partial charge in [-0.2, -0.15) is 0 Å². The van der Waals surface area contributed by atoms with Crippen molar-refractivity contribution in [2.45, 2.75) is 39.7 Å². The van der Waals surface area contributed by atoms with Crippen molar-refractivity contribution in [3.63, 3.8) is 0 Å². The number of halogens is 1. The highest BCUT2D eigenvalue weighted by atomic mass is 79.9. The minimum atomic E-state index is -0.107. The Kier molecular flexibility index (Phi) is 3.85. The summed E-state index contributed by atoms with van der Waals surface area (Å²) in [6, 6.07) is 14.7. The maximum absolute atomic E-state index is 6.27. The van der Waals surface area contributed by atoms with Gasteiger partial charge in [0.25, 0.3) is 5.52 Å². The monoisotopic (exact) mass is 358 g/mol. The fourth-order valence-electron chi connectivity index (χ4n) is 2.71. The summed E-state index contributed by atoms with van der Waals surface area (Å²) in [6.07, 6.45) is 0.993. The number of aromatic nitrogens is 1. The van der Waals surface area contributed by atoms with Gasteiger partial charge in [0.1, 0.15) is 5.39 Å². The zero-order chi connectivity index (χ0) is 15.9. The SMILES string of the molecule is CCc1cc2c(cc1Br)c(-c1ccccc1)o[n+]2C(C)(C)C. The van der Waals surface area contributed by atoms with Crippen molar-refractivity contribution in [3.8, 4) is 11.3 Å². The zero-order valence-corrected chi connectivity index (χ0v) is 15.1. The van der Waals surface area contributed by atoms with Crippen LogP contribution in [0.15, 0.2) is 51.5 Å². The predicted molar refractivity (Wildman–Crippen MR) is 93.9 cm³/mol. The number of hydrogen-bond acceptors (Lipinski definition) is 1. The molecule has 1 aromatic heterocycles. The Morgan fingerprint density at radius 3 is 2.36 bits per heavy atom. The first-order valence-electron chi connectivity index (χ1n) is 7.65. The molecule has 0 radical (unpaired) electrons. The summed E-state index contributed by atoms with van der Waals surface area (Å²) < 4.78 is 9.43. The second kappa shape index (κ2) is 5.54. The fraction of sp³-hybridized carbons (Fsp3) is 0.316. The quantitative estimate of drug-likeness (QED) is 0.555. The lowest BCUT2D eigenvalue weighted by Gasteiger charge is -2.07. The second-order valence-corrected chi connectivity index (χ2v) is 7.42. The molecule has 0 atom stereocenters. The number of fused-ring (bicyclic) bond motifs is 1. The summed E-state index contributed by atoms with van der Waals surface area (Å²) in [5, 5.41) is 1.14. The fourth-order valence-corrected chi connectivity index (χ4v) is 3.34. The van der Waals surface area contributed by atoms with E-state index in [1.807, 2.05) is 22.9 Å².